The number of unbranched alkanes of at least 4 members (excludes halogenated alkanes) is 2. The highest BCUT2D eigenvalue weighted by molar-refractivity contribution is 5.87. The summed E-state index contributed by atoms with van der Waals surface area (Å²) >= 11 is 0. The lowest BCUT2D eigenvalue weighted by atomic mass is 9.85. The van der Waals surface area contributed by atoms with Gasteiger partial charge in [0.15, 0.2) is 0 Å². The number of nitrogens with one attached hydrogen (secondary N) is 1. The normalized spacial score (nSPS) is 16.1. The summed E-state index contributed by atoms with van der Waals surface area (Å²) in [6, 6.07) is 22.5. The molecule has 0 saturated heterocycles. The molecule has 1 atom stereocenters. The van der Waals surface area contributed by atoms with Crippen molar-refractivity contribution in [3.8, 4) is 11.5 Å². The van der Waals surface area contributed by atoms with E-state index in [-0.39, 0.29) is 17.2 Å². The number of methoxy groups -OCH3 is 2. The van der Waals surface area contributed by atoms with Gasteiger partial charge < -0.3 is 14.8 Å². The van der Waals surface area contributed by atoms with Gasteiger partial charge in [-0.3, -0.25) is 9.78 Å². The fourth-order valence-corrected chi connectivity index (χ4v) is 4.76. The zero-order valence-corrected chi connectivity index (χ0v) is 20.6. The van der Waals surface area contributed by atoms with Gasteiger partial charge in [0, 0.05) is 23.9 Å². The number of aromatic nitrogens is 1. The second-order valence-corrected chi connectivity index (χ2v) is 9.02. The molecule has 1 aliphatic carbocycles. The van der Waals surface area contributed by atoms with Crippen molar-refractivity contribution in [3.05, 3.63) is 102 Å². The van der Waals surface area contributed by atoms with Crippen LogP contribution in [0.5, 0.6) is 11.5 Å². The van der Waals surface area contributed by atoms with Crippen LogP contribution in [0.25, 0.3) is 0 Å². The van der Waals surface area contributed by atoms with Crippen molar-refractivity contribution < 1.29 is 14.3 Å². The quantitative estimate of drug-likeness (QED) is 0.281. The Morgan fingerprint density at radius 1 is 0.943 bits per heavy atom. The van der Waals surface area contributed by atoms with Gasteiger partial charge in [0.05, 0.1) is 14.2 Å². The van der Waals surface area contributed by atoms with Crippen LogP contribution in [-0.4, -0.2) is 31.7 Å². The maximum absolute atomic E-state index is 12.4. The molecule has 5 heteroatoms. The summed E-state index contributed by atoms with van der Waals surface area (Å²) in [5.41, 5.74) is 3.44. The van der Waals surface area contributed by atoms with Gasteiger partial charge in [0.2, 0.25) is 5.91 Å². The second kappa shape index (κ2) is 11.7. The van der Waals surface area contributed by atoms with Gasteiger partial charge >= 0.3 is 0 Å². The van der Waals surface area contributed by atoms with Crippen LogP contribution in [0.2, 0.25) is 0 Å². The Morgan fingerprint density at radius 2 is 1.60 bits per heavy atom. The van der Waals surface area contributed by atoms with Crippen molar-refractivity contribution in [1.82, 2.24) is 10.3 Å². The van der Waals surface area contributed by atoms with Gasteiger partial charge in [0.1, 0.15) is 11.5 Å². The predicted molar refractivity (Wildman–Crippen MR) is 139 cm³/mol. The van der Waals surface area contributed by atoms with Crippen molar-refractivity contribution in [3.63, 3.8) is 0 Å². The molecule has 0 bridgehead atoms. The fourth-order valence-electron chi connectivity index (χ4n) is 4.76. The highest BCUT2D eigenvalue weighted by Crippen LogP contribution is 2.59. The largest absolute Gasteiger partial charge is 0.497 e. The third-order valence-corrected chi connectivity index (χ3v) is 6.84. The molecule has 2 aromatic carbocycles. The van der Waals surface area contributed by atoms with Crippen LogP contribution in [0.1, 0.15) is 42.5 Å². The van der Waals surface area contributed by atoms with Crippen LogP contribution >= 0.6 is 0 Å². The Balaban J connectivity index is 1.32. The number of nitrogens with zero attached hydrogens (tertiary/aromatic N) is 1. The van der Waals surface area contributed by atoms with Crippen molar-refractivity contribution in [2.45, 2.75) is 37.5 Å². The molecule has 3 aromatic rings. The Labute approximate surface area is 208 Å². The van der Waals surface area contributed by atoms with Crippen LogP contribution in [0, 0.1) is 5.92 Å². The Hall–Kier alpha value is -3.60. The fraction of sp³-hybridized carbons (Fsp3) is 0.333. The number of hydrogen-bond acceptors (Lipinski definition) is 4. The van der Waals surface area contributed by atoms with Gasteiger partial charge in [-0.15, -0.1) is 0 Å². The van der Waals surface area contributed by atoms with Crippen LogP contribution in [0.3, 0.4) is 0 Å². The van der Waals surface area contributed by atoms with E-state index in [1.54, 1.807) is 20.3 Å². The number of carbonyl (C=O) groups excluding carboxylic acids is 1. The molecule has 1 fully saturated rings. The second-order valence-electron chi connectivity index (χ2n) is 9.02. The summed E-state index contributed by atoms with van der Waals surface area (Å²) in [5.74, 6) is 1.91. The van der Waals surface area contributed by atoms with E-state index >= 15 is 0 Å². The van der Waals surface area contributed by atoms with Gasteiger partial charge in [0.25, 0.3) is 0 Å². The summed E-state index contributed by atoms with van der Waals surface area (Å²) in [6.07, 6.45) is 10.7. The summed E-state index contributed by atoms with van der Waals surface area (Å²) in [6.45, 7) is 0.693. The van der Waals surface area contributed by atoms with E-state index in [0.29, 0.717) is 6.54 Å². The van der Waals surface area contributed by atoms with Crippen LogP contribution < -0.4 is 14.8 Å². The number of carbonyl (C=O) groups is 1. The molecule has 182 valence electrons. The molecular formula is C30H34N2O3. The third-order valence-electron chi connectivity index (χ3n) is 6.84. The first-order valence-electron chi connectivity index (χ1n) is 12.3. The average molecular weight is 471 g/mol. The topological polar surface area (TPSA) is 60.5 Å². The number of allylic oxidation sites excluding steroid dienone is 1. The summed E-state index contributed by atoms with van der Waals surface area (Å²) in [4.78, 5) is 16.8. The summed E-state index contributed by atoms with van der Waals surface area (Å²) < 4.78 is 10.7. The first kappa shape index (κ1) is 24.5. The lowest BCUT2D eigenvalue weighted by molar-refractivity contribution is -0.116. The number of benzene rings is 2. The van der Waals surface area contributed by atoms with E-state index in [9.17, 15) is 4.79 Å². The Bertz CT molecular complexity index is 1060. The molecule has 0 unspecified atom stereocenters. The summed E-state index contributed by atoms with van der Waals surface area (Å²) in [5, 5.41) is 3.03. The van der Waals surface area contributed by atoms with E-state index in [4.69, 9.17) is 9.47 Å². The number of rotatable bonds is 12. The minimum Gasteiger partial charge on any atom is -0.497 e. The van der Waals surface area contributed by atoms with Gasteiger partial charge in [-0.05, 0) is 85.2 Å². The number of ether oxygens (including phenoxy) is 2. The molecule has 0 spiro atoms. The number of pyridine rings is 1. The molecule has 5 nitrogen and oxygen atoms in total. The smallest absolute Gasteiger partial charge is 0.243 e. The number of aryl methyl sites for hydroxylation is 1. The monoisotopic (exact) mass is 470 g/mol. The lowest BCUT2D eigenvalue weighted by Crippen LogP contribution is -2.22. The van der Waals surface area contributed by atoms with Crippen molar-refractivity contribution in [2.75, 3.05) is 20.8 Å². The Morgan fingerprint density at radius 3 is 2.17 bits per heavy atom. The minimum atomic E-state index is -0.138. The molecule has 35 heavy (non-hydrogen) atoms. The van der Waals surface area contributed by atoms with Gasteiger partial charge in [-0.25, -0.2) is 0 Å². The highest BCUT2D eigenvalue weighted by atomic mass is 16.5. The third kappa shape index (κ3) is 6.10. The van der Waals surface area contributed by atoms with Crippen molar-refractivity contribution in [2.24, 2.45) is 5.92 Å². The molecule has 1 aliphatic rings. The molecular weight excluding hydrogens is 436 g/mol. The molecule has 1 amide bonds. The molecule has 0 aliphatic heterocycles. The molecule has 0 radical (unpaired) electrons. The standard InChI is InChI=1S/C30H34N2O3/c1-34-27-15-10-23(11-16-27)30(24-12-17-28(35-2)18-13-24)22-25(30)14-19-29(33)32-21-6-3-4-8-26-9-5-7-20-31-26/h5,7,9-20,25H,3-4,6,8,21-22H2,1-2H3,(H,32,33)/t25-/m1/s1. The first-order valence-corrected chi connectivity index (χ1v) is 12.3. The first-order chi connectivity index (χ1) is 17.2. The number of hydrogen-bond donors (Lipinski definition) is 1. The molecule has 1 aromatic heterocycles. The van der Waals surface area contributed by atoms with E-state index in [1.165, 1.54) is 11.1 Å². The van der Waals surface area contributed by atoms with E-state index < -0.39 is 0 Å². The Kier molecular flexibility index (Phi) is 8.19. The maximum Gasteiger partial charge on any atom is 0.243 e. The minimum absolute atomic E-state index is 0.0278. The summed E-state index contributed by atoms with van der Waals surface area (Å²) in [7, 11) is 3.35. The average Bonchev–Trinajstić information content (AvgIpc) is 3.65. The lowest BCUT2D eigenvalue weighted by Gasteiger charge is -2.19. The number of amides is 1. The molecule has 4 rings (SSSR count). The molecule has 1 N–H and O–H groups in total. The zero-order valence-electron chi connectivity index (χ0n) is 20.6. The predicted octanol–water partition coefficient (Wildman–Crippen LogP) is 5.49. The van der Waals surface area contributed by atoms with E-state index in [0.717, 1.165) is 49.3 Å². The van der Waals surface area contributed by atoms with Gasteiger partial charge in [-0.2, -0.15) is 0 Å². The highest BCUT2D eigenvalue weighted by Gasteiger charge is 2.55. The van der Waals surface area contributed by atoms with Crippen LogP contribution in [0.15, 0.2) is 85.1 Å². The van der Waals surface area contributed by atoms with Gasteiger partial charge in [-0.1, -0.05) is 42.8 Å². The van der Waals surface area contributed by atoms with Crippen molar-refractivity contribution in [1.29, 1.82) is 0 Å². The van der Waals surface area contributed by atoms with Crippen molar-refractivity contribution >= 4 is 5.91 Å². The van der Waals surface area contributed by atoms with Crippen LogP contribution in [0.4, 0.5) is 0 Å². The van der Waals surface area contributed by atoms with Crippen LogP contribution in [-0.2, 0) is 16.6 Å². The molecule has 1 heterocycles. The zero-order chi connectivity index (χ0) is 24.5. The molecule has 1 saturated carbocycles. The SMILES string of the molecule is COc1ccc(C2(c3ccc(OC)cc3)C[C@H]2C=CC(=O)NCCCCCc2ccccn2)cc1. The van der Waals surface area contributed by atoms with E-state index in [2.05, 4.69) is 46.7 Å². The maximum atomic E-state index is 12.4. The van der Waals surface area contributed by atoms with E-state index in [1.807, 2.05) is 42.6 Å².